The quantitative estimate of drug-likeness (QED) is 0.799. The van der Waals surface area contributed by atoms with Gasteiger partial charge in [-0.05, 0) is 25.1 Å². The summed E-state index contributed by atoms with van der Waals surface area (Å²) in [6.07, 6.45) is 3.50. The zero-order valence-electron chi connectivity index (χ0n) is 12.2. The normalized spacial score (nSPS) is 16.7. The van der Waals surface area contributed by atoms with E-state index < -0.39 is 0 Å². The van der Waals surface area contributed by atoms with Gasteiger partial charge in [-0.15, -0.1) is 24.8 Å². The summed E-state index contributed by atoms with van der Waals surface area (Å²) < 4.78 is 0. The number of carbonyl (C=O) groups excluding carboxylic acids is 1. The lowest BCUT2D eigenvalue weighted by Gasteiger charge is -2.23. The van der Waals surface area contributed by atoms with Crippen LogP contribution in [0.5, 0.6) is 0 Å². The Morgan fingerprint density at radius 2 is 2.29 bits per heavy atom. The van der Waals surface area contributed by atoms with Gasteiger partial charge < -0.3 is 10.2 Å². The lowest BCUT2D eigenvalue weighted by molar-refractivity contribution is -0.131. The Labute approximate surface area is 143 Å². The van der Waals surface area contributed by atoms with Gasteiger partial charge in [0.1, 0.15) is 0 Å². The largest absolute Gasteiger partial charge is 0.341 e. The highest BCUT2D eigenvalue weighted by Gasteiger charge is 2.22. The van der Waals surface area contributed by atoms with Gasteiger partial charge in [0.2, 0.25) is 5.91 Å². The topological polar surface area (TPSA) is 45.2 Å². The van der Waals surface area contributed by atoms with Crippen LogP contribution in [0, 0.1) is 0 Å². The number of nitrogens with one attached hydrogen (secondary N) is 1. The molecule has 0 aromatic carbocycles. The van der Waals surface area contributed by atoms with Crippen molar-refractivity contribution in [3.8, 4) is 0 Å². The number of likely N-dealkylation sites (N-methyl/N-ethyl adjacent to an activating group) is 1. The van der Waals surface area contributed by atoms with Crippen molar-refractivity contribution in [1.29, 1.82) is 0 Å². The summed E-state index contributed by atoms with van der Waals surface area (Å²) in [6, 6.07) is 6.32. The van der Waals surface area contributed by atoms with Gasteiger partial charge in [0.25, 0.3) is 0 Å². The summed E-state index contributed by atoms with van der Waals surface area (Å²) in [6.45, 7) is 1.96. The van der Waals surface area contributed by atoms with E-state index in [2.05, 4.69) is 10.3 Å². The average Bonchev–Trinajstić information content (AvgIpc) is 2.98. The first-order valence-electron chi connectivity index (χ1n) is 6.71. The molecule has 1 aliphatic rings. The number of carbonyl (C=O) groups is 1. The summed E-state index contributed by atoms with van der Waals surface area (Å²) in [5, 5.41) is 3.29. The second-order valence-electron chi connectivity index (χ2n) is 4.77. The molecule has 1 N–H and O–H groups in total. The molecule has 1 atom stereocenters. The molecule has 1 fully saturated rings. The summed E-state index contributed by atoms with van der Waals surface area (Å²) in [5.41, 5.74) is 1.08. The van der Waals surface area contributed by atoms with Crippen LogP contribution in [0.25, 0.3) is 0 Å². The smallest absolute Gasteiger partial charge is 0.223 e. The highest BCUT2D eigenvalue weighted by atomic mass is 35.5. The van der Waals surface area contributed by atoms with Crippen molar-refractivity contribution < 1.29 is 4.79 Å². The van der Waals surface area contributed by atoms with Crippen LogP contribution in [0.2, 0.25) is 0 Å². The summed E-state index contributed by atoms with van der Waals surface area (Å²) in [7, 11) is 1.92. The fourth-order valence-electron chi connectivity index (χ4n) is 2.17. The fraction of sp³-hybridized carbons (Fsp3) is 0.571. The predicted molar refractivity (Wildman–Crippen MR) is 93.6 cm³/mol. The van der Waals surface area contributed by atoms with Crippen LogP contribution in [0.4, 0.5) is 0 Å². The van der Waals surface area contributed by atoms with E-state index in [-0.39, 0.29) is 30.7 Å². The van der Waals surface area contributed by atoms with E-state index >= 15 is 0 Å². The van der Waals surface area contributed by atoms with E-state index in [1.165, 1.54) is 0 Å². The lowest BCUT2D eigenvalue weighted by atomic mass is 10.2. The van der Waals surface area contributed by atoms with Crippen molar-refractivity contribution in [1.82, 2.24) is 15.2 Å². The predicted octanol–water partition coefficient (Wildman–Crippen LogP) is 2.37. The molecule has 21 heavy (non-hydrogen) atoms. The first-order chi connectivity index (χ1) is 9.27. The summed E-state index contributed by atoms with van der Waals surface area (Å²) in [5.74, 6) is 1.99. The molecule has 2 heterocycles. The molecule has 0 saturated carbocycles. The molecule has 1 aromatic heterocycles. The van der Waals surface area contributed by atoms with Gasteiger partial charge in [0.15, 0.2) is 0 Å². The Morgan fingerprint density at radius 1 is 1.48 bits per heavy atom. The second kappa shape index (κ2) is 11.1. The van der Waals surface area contributed by atoms with Gasteiger partial charge >= 0.3 is 0 Å². The Bertz CT molecular complexity index is 402. The molecule has 2 rings (SSSR count). The number of hydrogen-bond acceptors (Lipinski definition) is 4. The van der Waals surface area contributed by atoms with Crippen LogP contribution in [0.15, 0.2) is 24.4 Å². The molecule has 0 aliphatic carbocycles. The third-order valence-corrected chi connectivity index (χ3v) is 4.40. The maximum atomic E-state index is 12.0. The zero-order valence-corrected chi connectivity index (χ0v) is 14.6. The summed E-state index contributed by atoms with van der Waals surface area (Å²) >= 11 is 1.77. The first-order valence-corrected chi connectivity index (χ1v) is 7.87. The Morgan fingerprint density at radius 3 is 2.90 bits per heavy atom. The number of halogens is 2. The van der Waals surface area contributed by atoms with E-state index in [0.717, 1.165) is 36.7 Å². The molecule has 7 heteroatoms. The molecular formula is C14H23Cl2N3OS. The minimum absolute atomic E-state index is 0. The number of amides is 1. The van der Waals surface area contributed by atoms with Crippen LogP contribution in [0.3, 0.4) is 0 Å². The first kappa shape index (κ1) is 20.5. The minimum atomic E-state index is 0. The molecule has 1 aliphatic heterocycles. The number of aromatic nitrogens is 1. The maximum Gasteiger partial charge on any atom is 0.223 e. The fourth-order valence-corrected chi connectivity index (χ4v) is 3.01. The maximum absolute atomic E-state index is 12.0. The van der Waals surface area contributed by atoms with Crippen LogP contribution >= 0.6 is 36.6 Å². The Balaban J connectivity index is 0.00000200. The summed E-state index contributed by atoms with van der Waals surface area (Å²) in [4.78, 5) is 18.2. The lowest BCUT2D eigenvalue weighted by Crippen LogP contribution is -2.38. The number of nitrogens with zero attached hydrogens (tertiary/aromatic N) is 2. The molecule has 1 saturated heterocycles. The van der Waals surface area contributed by atoms with Crippen molar-refractivity contribution in [3.05, 3.63) is 30.1 Å². The monoisotopic (exact) mass is 351 g/mol. The van der Waals surface area contributed by atoms with Gasteiger partial charge in [0.05, 0.1) is 5.69 Å². The van der Waals surface area contributed by atoms with Crippen molar-refractivity contribution in [2.45, 2.75) is 24.6 Å². The van der Waals surface area contributed by atoms with E-state index in [1.807, 2.05) is 36.3 Å². The molecule has 0 spiro atoms. The zero-order chi connectivity index (χ0) is 13.5. The van der Waals surface area contributed by atoms with Crippen molar-refractivity contribution in [3.63, 3.8) is 0 Å². The minimum Gasteiger partial charge on any atom is -0.341 e. The van der Waals surface area contributed by atoms with Gasteiger partial charge in [-0.3, -0.25) is 9.78 Å². The van der Waals surface area contributed by atoms with Crippen molar-refractivity contribution >= 4 is 42.5 Å². The van der Waals surface area contributed by atoms with Crippen LogP contribution in [0.1, 0.15) is 18.5 Å². The van der Waals surface area contributed by atoms with E-state index in [0.29, 0.717) is 12.5 Å². The van der Waals surface area contributed by atoms with Gasteiger partial charge in [-0.2, -0.15) is 11.8 Å². The molecular weight excluding hydrogens is 329 g/mol. The molecule has 120 valence electrons. The average molecular weight is 352 g/mol. The van der Waals surface area contributed by atoms with Crippen molar-refractivity contribution in [2.24, 2.45) is 0 Å². The van der Waals surface area contributed by atoms with Crippen LogP contribution in [-0.2, 0) is 10.5 Å². The second-order valence-corrected chi connectivity index (χ2v) is 5.88. The Kier molecular flexibility index (Phi) is 10.9. The van der Waals surface area contributed by atoms with Gasteiger partial charge in [-0.25, -0.2) is 0 Å². The SMILES string of the molecule is CN(C(=O)CCSCc1ccccn1)C1CCNC1.Cl.Cl. The highest BCUT2D eigenvalue weighted by Crippen LogP contribution is 2.13. The molecule has 4 nitrogen and oxygen atoms in total. The van der Waals surface area contributed by atoms with Crippen LogP contribution < -0.4 is 5.32 Å². The number of pyridine rings is 1. The third-order valence-electron chi connectivity index (χ3n) is 3.41. The van der Waals surface area contributed by atoms with Crippen molar-refractivity contribution in [2.75, 3.05) is 25.9 Å². The highest BCUT2D eigenvalue weighted by molar-refractivity contribution is 7.98. The molecule has 0 radical (unpaired) electrons. The Hall–Kier alpha value is -0.490. The standard InChI is InChI=1S/C14H21N3OS.2ClH/c1-17(13-5-8-15-10-13)14(18)6-9-19-11-12-4-2-3-7-16-12;;/h2-4,7,13,15H,5-6,8-11H2,1H3;2*1H. The molecule has 0 bridgehead atoms. The molecule has 1 aromatic rings. The van der Waals surface area contributed by atoms with E-state index in [1.54, 1.807) is 11.8 Å². The van der Waals surface area contributed by atoms with E-state index in [9.17, 15) is 4.79 Å². The van der Waals surface area contributed by atoms with Gasteiger partial charge in [0, 0.05) is 43.8 Å². The van der Waals surface area contributed by atoms with Crippen LogP contribution in [-0.4, -0.2) is 47.7 Å². The van der Waals surface area contributed by atoms with E-state index in [4.69, 9.17) is 0 Å². The third kappa shape index (κ3) is 6.87. The van der Waals surface area contributed by atoms with Gasteiger partial charge in [-0.1, -0.05) is 6.07 Å². The number of rotatable bonds is 6. The number of hydrogen-bond donors (Lipinski definition) is 1. The number of thioether (sulfide) groups is 1. The molecule has 1 amide bonds. The molecule has 1 unspecified atom stereocenters.